The van der Waals surface area contributed by atoms with Gasteiger partial charge in [0.05, 0.1) is 17.7 Å². The Morgan fingerprint density at radius 3 is 2.53 bits per heavy atom. The highest BCUT2D eigenvalue weighted by Gasteiger charge is 2.48. The maximum absolute atomic E-state index is 13.7. The van der Waals surface area contributed by atoms with Crippen LogP contribution >= 0.6 is 0 Å². The van der Waals surface area contributed by atoms with Gasteiger partial charge in [0.25, 0.3) is 0 Å². The fourth-order valence-electron chi connectivity index (χ4n) is 5.45. The summed E-state index contributed by atoms with van der Waals surface area (Å²) < 4.78 is 17.9. The number of nitrogens with zero attached hydrogens (tertiary/aromatic N) is 3. The Labute approximate surface area is 214 Å². The number of ether oxygens (including phenoxy) is 1. The van der Waals surface area contributed by atoms with Crippen molar-refractivity contribution in [3.8, 4) is 6.07 Å². The van der Waals surface area contributed by atoms with E-state index in [1.54, 1.807) is 30.6 Å². The molecule has 3 aliphatic heterocycles. The first-order chi connectivity index (χ1) is 17.1. The molecule has 0 aromatic heterocycles. The van der Waals surface area contributed by atoms with E-state index in [1.807, 2.05) is 30.3 Å². The number of amides is 3. The number of carbonyl (C=O) groups is 3. The van der Waals surface area contributed by atoms with Crippen LogP contribution in [0.15, 0.2) is 30.3 Å². The van der Waals surface area contributed by atoms with Gasteiger partial charge in [-0.2, -0.15) is 5.26 Å². The highest BCUT2D eigenvalue weighted by Crippen LogP contribution is 2.36. The lowest BCUT2D eigenvalue weighted by Crippen LogP contribution is -2.59. The minimum absolute atomic E-state index is 0.0154. The molecule has 0 saturated carbocycles. The standard InChI is InChI=1S/C26H34N4O5S/c1-26(2,3)35-25(33)28-21-16-36(34)12-11-19-9-10-22(30(19)23(21)31)24(32)29-14-18(13-27)20(15-29)17-7-5-4-6-8-17/h4-8,18-22H,9-12,14-16H2,1-3H3,(H,28,33)/t18-,19-,20+,21+,22+,36?/m1/s1. The van der Waals surface area contributed by atoms with Gasteiger partial charge in [-0.25, -0.2) is 4.79 Å². The second-order valence-electron chi connectivity index (χ2n) is 10.8. The third-order valence-electron chi connectivity index (χ3n) is 7.09. The van der Waals surface area contributed by atoms with Crippen LogP contribution < -0.4 is 5.32 Å². The van der Waals surface area contributed by atoms with Gasteiger partial charge in [-0.05, 0) is 45.6 Å². The summed E-state index contributed by atoms with van der Waals surface area (Å²) in [6, 6.07) is 10.2. The number of hydrogen-bond acceptors (Lipinski definition) is 6. The van der Waals surface area contributed by atoms with Gasteiger partial charge in [-0.15, -0.1) is 0 Å². The van der Waals surface area contributed by atoms with Gasteiger partial charge in [0.2, 0.25) is 11.8 Å². The topological polar surface area (TPSA) is 120 Å². The molecule has 194 valence electrons. The third kappa shape index (κ3) is 5.72. The quantitative estimate of drug-likeness (QED) is 0.660. The second kappa shape index (κ2) is 10.6. The highest BCUT2D eigenvalue weighted by molar-refractivity contribution is 7.85. The molecule has 0 spiro atoms. The van der Waals surface area contributed by atoms with E-state index in [0.717, 1.165) is 5.56 Å². The van der Waals surface area contributed by atoms with Crippen LogP contribution in [0.1, 0.15) is 51.5 Å². The summed E-state index contributed by atoms with van der Waals surface area (Å²) in [5.41, 5.74) is 0.278. The summed E-state index contributed by atoms with van der Waals surface area (Å²) in [5, 5.41) is 12.3. The molecule has 36 heavy (non-hydrogen) atoms. The van der Waals surface area contributed by atoms with Crippen molar-refractivity contribution in [2.24, 2.45) is 5.92 Å². The summed E-state index contributed by atoms with van der Waals surface area (Å²) in [7, 11) is -1.27. The van der Waals surface area contributed by atoms with Gasteiger partial charge in [-0.3, -0.25) is 13.8 Å². The molecule has 10 heteroatoms. The van der Waals surface area contributed by atoms with Crippen molar-refractivity contribution in [3.63, 3.8) is 0 Å². The molecule has 3 fully saturated rings. The first-order valence-corrected chi connectivity index (χ1v) is 14.0. The van der Waals surface area contributed by atoms with Crippen molar-refractivity contribution in [3.05, 3.63) is 35.9 Å². The summed E-state index contributed by atoms with van der Waals surface area (Å²) >= 11 is 0. The average molecular weight is 515 g/mol. The SMILES string of the molecule is CC(C)(C)OC(=O)N[C@H]1CS(=O)CC[C@H]2CC[C@@H](C(=O)N3C[C@@H](C#N)[C@H](c4ccccc4)C3)N2C1=O. The molecule has 0 radical (unpaired) electrons. The number of nitriles is 1. The number of rotatable bonds is 3. The van der Waals surface area contributed by atoms with Crippen molar-refractivity contribution < 1.29 is 23.3 Å². The van der Waals surface area contributed by atoms with Gasteiger partial charge in [0.1, 0.15) is 17.7 Å². The Balaban J connectivity index is 1.52. The van der Waals surface area contributed by atoms with Crippen LogP contribution in [-0.4, -0.2) is 80.2 Å². The molecule has 3 saturated heterocycles. The van der Waals surface area contributed by atoms with Crippen LogP contribution in [0.3, 0.4) is 0 Å². The van der Waals surface area contributed by atoms with Crippen molar-refractivity contribution in [2.45, 2.75) is 69.7 Å². The molecule has 3 heterocycles. The number of alkyl carbamates (subject to hydrolysis) is 1. The average Bonchev–Trinajstić information content (AvgIpc) is 3.44. The Bertz CT molecular complexity index is 1070. The summed E-state index contributed by atoms with van der Waals surface area (Å²) in [4.78, 5) is 43.1. The number of benzene rings is 1. The summed E-state index contributed by atoms with van der Waals surface area (Å²) in [6.07, 6.45) is 0.939. The predicted octanol–water partition coefficient (Wildman–Crippen LogP) is 2.16. The highest BCUT2D eigenvalue weighted by atomic mass is 32.2. The zero-order valence-electron chi connectivity index (χ0n) is 21.0. The molecule has 6 atom stereocenters. The van der Waals surface area contributed by atoms with Crippen molar-refractivity contribution in [2.75, 3.05) is 24.6 Å². The summed E-state index contributed by atoms with van der Waals surface area (Å²) in [5.74, 6) is -0.575. The van der Waals surface area contributed by atoms with Crippen molar-refractivity contribution >= 4 is 28.7 Å². The largest absolute Gasteiger partial charge is 0.444 e. The van der Waals surface area contributed by atoms with E-state index in [0.29, 0.717) is 38.1 Å². The lowest BCUT2D eigenvalue weighted by molar-refractivity contribution is -0.146. The monoisotopic (exact) mass is 514 g/mol. The normalized spacial score (nSPS) is 30.7. The lowest BCUT2D eigenvalue weighted by Gasteiger charge is -2.36. The van der Waals surface area contributed by atoms with Gasteiger partial charge in [0, 0.05) is 41.6 Å². The molecule has 4 rings (SSSR count). The molecule has 0 bridgehead atoms. The molecular formula is C26H34N4O5S. The van der Waals surface area contributed by atoms with E-state index in [9.17, 15) is 23.9 Å². The number of nitrogens with one attached hydrogen (secondary N) is 1. The maximum atomic E-state index is 13.7. The van der Waals surface area contributed by atoms with Gasteiger partial charge in [-0.1, -0.05) is 30.3 Å². The van der Waals surface area contributed by atoms with Gasteiger partial charge in [0.15, 0.2) is 0 Å². The Morgan fingerprint density at radius 2 is 1.86 bits per heavy atom. The Kier molecular flexibility index (Phi) is 7.69. The van der Waals surface area contributed by atoms with Crippen molar-refractivity contribution in [1.29, 1.82) is 5.26 Å². The number of likely N-dealkylation sites (tertiary alicyclic amines) is 1. The minimum atomic E-state index is -1.27. The molecule has 0 aliphatic carbocycles. The van der Waals surface area contributed by atoms with E-state index in [4.69, 9.17) is 4.74 Å². The van der Waals surface area contributed by atoms with Crippen LogP contribution in [0.5, 0.6) is 0 Å². The molecule has 1 aromatic rings. The summed E-state index contributed by atoms with van der Waals surface area (Å²) in [6.45, 7) is 5.92. The van der Waals surface area contributed by atoms with E-state index < -0.39 is 40.5 Å². The van der Waals surface area contributed by atoms with Crippen molar-refractivity contribution in [1.82, 2.24) is 15.1 Å². The molecule has 1 unspecified atom stereocenters. The molecule has 3 aliphatic rings. The minimum Gasteiger partial charge on any atom is -0.444 e. The first kappa shape index (κ1) is 26.1. The fourth-order valence-corrected chi connectivity index (χ4v) is 6.75. The lowest BCUT2D eigenvalue weighted by atomic mass is 9.90. The molecular weight excluding hydrogens is 480 g/mol. The zero-order chi connectivity index (χ0) is 26.0. The van der Waals surface area contributed by atoms with Crippen LogP contribution in [0.4, 0.5) is 4.79 Å². The van der Waals surface area contributed by atoms with Gasteiger partial charge >= 0.3 is 6.09 Å². The fraction of sp³-hybridized carbons (Fsp3) is 0.615. The molecule has 3 amide bonds. The van der Waals surface area contributed by atoms with Crippen LogP contribution in [0, 0.1) is 17.2 Å². The van der Waals surface area contributed by atoms with E-state index >= 15 is 0 Å². The zero-order valence-corrected chi connectivity index (χ0v) is 21.8. The van der Waals surface area contributed by atoms with E-state index in [-0.39, 0.29) is 29.5 Å². The van der Waals surface area contributed by atoms with Crippen LogP contribution in [-0.2, 0) is 25.1 Å². The molecule has 1 N–H and O–H groups in total. The smallest absolute Gasteiger partial charge is 0.408 e. The molecule has 9 nitrogen and oxygen atoms in total. The van der Waals surface area contributed by atoms with E-state index in [2.05, 4.69) is 11.4 Å². The number of fused-ring (bicyclic) bond motifs is 1. The number of carbonyl (C=O) groups excluding carboxylic acids is 3. The van der Waals surface area contributed by atoms with E-state index in [1.165, 1.54) is 0 Å². The Morgan fingerprint density at radius 1 is 1.14 bits per heavy atom. The Hall–Kier alpha value is -2.93. The maximum Gasteiger partial charge on any atom is 0.408 e. The first-order valence-electron chi connectivity index (χ1n) is 12.5. The number of hydrogen-bond donors (Lipinski definition) is 1. The molecule has 1 aromatic carbocycles. The third-order valence-corrected chi connectivity index (χ3v) is 8.48. The predicted molar refractivity (Wildman–Crippen MR) is 134 cm³/mol. The van der Waals surface area contributed by atoms with Crippen LogP contribution in [0.25, 0.3) is 0 Å². The second-order valence-corrected chi connectivity index (χ2v) is 12.4. The van der Waals surface area contributed by atoms with Gasteiger partial charge < -0.3 is 19.9 Å². The van der Waals surface area contributed by atoms with Crippen LogP contribution in [0.2, 0.25) is 0 Å².